The highest BCUT2D eigenvalue weighted by atomic mass is 16.5. The molecule has 11 heteroatoms. The van der Waals surface area contributed by atoms with E-state index in [-0.39, 0.29) is 18.2 Å². The fraction of sp³-hybridized carbons (Fsp3) is 0.379. The first-order chi connectivity index (χ1) is 33.9. The van der Waals surface area contributed by atoms with Crippen LogP contribution in [0.1, 0.15) is 81.3 Å². The van der Waals surface area contributed by atoms with Gasteiger partial charge in [0.15, 0.2) is 11.0 Å². The second-order valence-electron chi connectivity index (χ2n) is 20.0. The average molecular weight is 917 g/mol. The first kappa shape index (κ1) is 43.7. The number of pyridine rings is 2. The van der Waals surface area contributed by atoms with Crippen molar-refractivity contribution in [3.63, 3.8) is 0 Å². The van der Waals surface area contributed by atoms with Crippen molar-refractivity contribution in [2.75, 3.05) is 33.3 Å². The van der Waals surface area contributed by atoms with Crippen LogP contribution in [0.15, 0.2) is 122 Å². The van der Waals surface area contributed by atoms with Crippen molar-refractivity contribution in [2.45, 2.75) is 83.6 Å². The van der Waals surface area contributed by atoms with Gasteiger partial charge < -0.3 is 14.2 Å². The molecule has 0 N–H and O–H groups in total. The van der Waals surface area contributed by atoms with Crippen LogP contribution in [-0.4, -0.2) is 85.3 Å². The number of fused-ring (bicyclic) bond motifs is 9. The number of benzene rings is 4. The quantitative estimate of drug-likeness (QED) is 0.110. The van der Waals surface area contributed by atoms with Crippen LogP contribution in [-0.2, 0) is 0 Å². The van der Waals surface area contributed by atoms with Gasteiger partial charge in [0.25, 0.3) is 11.8 Å². The van der Waals surface area contributed by atoms with Gasteiger partial charge >= 0.3 is 0 Å². The largest absolute Gasteiger partial charge is 0.497 e. The van der Waals surface area contributed by atoms with Crippen molar-refractivity contribution in [1.29, 1.82) is 0 Å². The van der Waals surface area contributed by atoms with E-state index in [2.05, 4.69) is 91.2 Å². The molecule has 0 amide bonds. The lowest BCUT2D eigenvalue weighted by molar-refractivity contribution is -0.0505. The maximum atomic E-state index is 7.54. The van der Waals surface area contributed by atoms with E-state index in [1.165, 1.54) is 31.2 Å². The Bertz CT molecular complexity index is 3150. The van der Waals surface area contributed by atoms with Gasteiger partial charge in [0, 0.05) is 58.5 Å². The standard InChI is InChI=1S/C58H60N8O3/c1-5-36-33-65-27-23-40(36)30-49(65)55(43-21-25-59-47-19-17-35(3)29-45(43)47)68-57-53-54(62-52(39-15-11-8-12-16-39)51(61-53)38-13-9-7-10-14-38)58(64-63-57)69-56(50-31-41-24-28-66(50)34-37(41)6-2)44-22-26-60-48-20-18-42(67-4)32-46(44)48/h7-22,25-26,29,32,36-37,40-41,49-50,55-56H,5-6,23-24,27-28,30-31,33-34H2,1-4H3. The number of piperidine rings is 6. The minimum Gasteiger partial charge on any atom is -0.497 e. The number of aromatic nitrogens is 6. The Hall–Kier alpha value is -6.56. The van der Waals surface area contributed by atoms with Crippen molar-refractivity contribution in [2.24, 2.45) is 23.7 Å². The normalized spacial score (nSPS) is 24.9. The van der Waals surface area contributed by atoms with Crippen LogP contribution in [0.2, 0.25) is 0 Å². The Morgan fingerprint density at radius 3 is 1.55 bits per heavy atom. The van der Waals surface area contributed by atoms with Crippen LogP contribution in [0.3, 0.4) is 0 Å². The van der Waals surface area contributed by atoms with Crippen LogP contribution in [0.5, 0.6) is 17.5 Å². The van der Waals surface area contributed by atoms with Crippen LogP contribution in [0.4, 0.5) is 0 Å². The van der Waals surface area contributed by atoms with Gasteiger partial charge in [-0.05, 0) is 112 Å². The predicted molar refractivity (Wildman–Crippen MR) is 271 cm³/mol. The molecule has 14 rings (SSSR count). The SMILES string of the molecule is CCC1CN2CCC1CC2C(Oc1nnc(OC(c2ccnc3ccc(OC)cc23)C2CC3CCN2CC3CC)c2nc(-c3ccccc3)c(-c3ccccc3)nc12)c1ccnc2ccc(C)cc12. The average Bonchev–Trinajstić information content (AvgIpc) is 3.41. The van der Waals surface area contributed by atoms with E-state index in [1.807, 2.05) is 60.9 Å². The van der Waals surface area contributed by atoms with Gasteiger partial charge in [-0.25, -0.2) is 9.97 Å². The zero-order chi connectivity index (χ0) is 46.6. The summed E-state index contributed by atoms with van der Waals surface area (Å²) < 4.78 is 20.9. The smallest absolute Gasteiger partial charge is 0.262 e. The van der Waals surface area contributed by atoms with E-state index in [4.69, 9.17) is 44.3 Å². The third-order valence-electron chi connectivity index (χ3n) is 16.3. The Kier molecular flexibility index (Phi) is 11.7. The second kappa shape index (κ2) is 18.4. The molecule has 0 radical (unpaired) electrons. The third kappa shape index (κ3) is 8.03. The lowest BCUT2D eigenvalue weighted by Gasteiger charge is -2.52. The minimum atomic E-state index is -0.431. The van der Waals surface area contributed by atoms with Crippen molar-refractivity contribution < 1.29 is 14.2 Å². The summed E-state index contributed by atoms with van der Waals surface area (Å²) in [4.78, 5) is 26.2. The van der Waals surface area contributed by atoms with Gasteiger partial charge in [0.1, 0.15) is 18.0 Å². The molecule has 10 unspecified atom stereocenters. The fourth-order valence-electron chi connectivity index (χ4n) is 12.6. The molecule has 10 heterocycles. The summed E-state index contributed by atoms with van der Waals surface area (Å²) in [6, 6.07) is 37.6. The molecule has 8 aromatic rings. The molecule has 4 aromatic heterocycles. The van der Waals surface area contributed by atoms with Gasteiger partial charge in [0.05, 0.1) is 41.6 Å². The number of ether oxygens (including phenoxy) is 3. The Morgan fingerprint density at radius 1 is 0.594 bits per heavy atom. The third-order valence-corrected chi connectivity index (χ3v) is 16.3. The predicted octanol–water partition coefficient (Wildman–Crippen LogP) is 11.6. The number of rotatable bonds is 13. The zero-order valence-electron chi connectivity index (χ0n) is 40.0. The molecule has 4 aromatic carbocycles. The van der Waals surface area contributed by atoms with Crippen molar-refractivity contribution >= 4 is 32.8 Å². The summed E-state index contributed by atoms with van der Waals surface area (Å²) in [7, 11) is 1.71. The monoisotopic (exact) mass is 916 g/mol. The summed E-state index contributed by atoms with van der Waals surface area (Å²) in [5.41, 5.74) is 9.48. The maximum Gasteiger partial charge on any atom is 0.262 e. The van der Waals surface area contributed by atoms with Crippen LogP contribution >= 0.6 is 0 Å². The molecule has 6 fully saturated rings. The molecule has 6 aliphatic rings. The second-order valence-corrected chi connectivity index (χ2v) is 20.0. The Morgan fingerprint density at radius 2 is 1.09 bits per heavy atom. The van der Waals surface area contributed by atoms with Gasteiger partial charge in [-0.1, -0.05) is 99.0 Å². The molecule has 0 spiro atoms. The number of aryl methyl sites for hydroxylation is 1. The zero-order valence-corrected chi connectivity index (χ0v) is 40.0. The molecule has 4 bridgehead atoms. The van der Waals surface area contributed by atoms with E-state index >= 15 is 0 Å². The fourth-order valence-corrected chi connectivity index (χ4v) is 12.6. The number of hydrogen-bond donors (Lipinski definition) is 0. The van der Waals surface area contributed by atoms with E-state index in [1.54, 1.807) is 7.11 Å². The minimum absolute atomic E-state index is 0.0804. The van der Waals surface area contributed by atoms with E-state index in [0.717, 1.165) is 100 Å². The summed E-state index contributed by atoms with van der Waals surface area (Å²) in [6.45, 7) is 11.0. The van der Waals surface area contributed by atoms with E-state index in [0.29, 0.717) is 46.5 Å². The Balaban J connectivity index is 1.06. The highest BCUT2D eigenvalue weighted by molar-refractivity contribution is 5.91. The lowest BCUT2D eigenvalue weighted by atomic mass is 9.72. The lowest BCUT2D eigenvalue weighted by Crippen LogP contribution is -2.56. The molecule has 6 saturated heterocycles. The maximum absolute atomic E-state index is 7.54. The summed E-state index contributed by atoms with van der Waals surface area (Å²) in [5, 5.41) is 12.2. The van der Waals surface area contributed by atoms with Crippen LogP contribution in [0.25, 0.3) is 55.4 Å². The summed E-state index contributed by atoms with van der Waals surface area (Å²) >= 11 is 0. The Labute approximate surface area is 404 Å². The van der Waals surface area contributed by atoms with Gasteiger partial charge in [-0.3, -0.25) is 19.8 Å². The molecule has 69 heavy (non-hydrogen) atoms. The van der Waals surface area contributed by atoms with Crippen molar-refractivity contribution in [3.05, 3.63) is 138 Å². The topological polar surface area (TPSA) is 112 Å². The van der Waals surface area contributed by atoms with Crippen molar-refractivity contribution in [3.8, 4) is 40.0 Å². The summed E-state index contributed by atoms with van der Waals surface area (Å²) in [5.74, 6) is 4.00. The first-order valence-corrected chi connectivity index (χ1v) is 25.2. The van der Waals surface area contributed by atoms with E-state index in [9.17, 15) is 0 Å². The van der Waals surface area contributed by atoms with Gasteiger partial charge in [-0.15, -0.1) is 10.2 Å². The molecular weight excluding hydrogens is 857 g/mol. The van der Waals surface area contributed by atoms with Crippen LogP contribution < -0.4 is 14.2 Å². The molecule has 0 aliphatic carbocycles. The molecule has 0 saturated carbocycles. The van der Waals surface area contributed by atoms with E-state index < -0.39 is 6.10 Å². The molecule has 6 aliphatic heterocycles. The highest BCUT2D eigenvalue weighted by Crippen LogP contribution is 2.48. The molecule has 11 nitrogen and oxygen atoms in total. The molecule has 350 valence electrons. The highest BCUT2D eigenvalue weighted by Gasteiger charge is 2.46. The first-order valence-electron chi connectivity index (χ1n) is 25.2. The molecular formula is C58H60N8O3. The number of nitrogens with zero attached hydrogens (tertiary/aromatic N) is 8. The van der Waals surface area contributed by atoms with Crippen LogP contribution in [0, 0.1) is 30.6 Å². The molecule has 10 atom stereocenters. The van der Waals surface area contributed by atoms with Gasteiger partial charge in [0.2, 0.25) is 0 Å². The van der Waals surface area contributed by atoms with Gasteiger partial charge in [-0.2, -0.15) is 0 Å². The number of methoxy groups -OCH3 is 1. The van der Waals surface area contributed by atoms with Crippen molar-refractivity contribution in [1.82, 2.24) is 39.9 Å². The number of hydrogen-bond acceptors (Lipinski definition) is 11. The summed E-state index contributed by atoms with van der Waals surface area (Å²) in [6.07, 6.45) is 9.80.